The summed E-state index contributed by atoms with van der Waals surface area (Å²) in [5, 5.41) is 0.707. The third-order valence-corrected chi connectivity index (χ3v) is 7.81. The van der Waals surface area contributed by atoms with Gasteiger partial charge in [0.25, 0.3) is 0 Å². The summed E-state index contributed by atoms with van der Waals surface area (Å²) < 4.78 is 6.44. The van der Waals surface area contributed by atoms with E-state index in [0.717, 1.165) is 23.3 Å². The van der Waals surface area contributed by atoms with Gasteiger partial charge in [-0.3, -0.25) is 4.79 Å². The molecule has 2 bridgehead atoms. The molecular formula is C25H26O2. The van der Waals surface area contributed by atoms with Gasteiger partial charge in [-0.05, 0) is 48.6 Å². The lowest BCUT2D eigenvalue weighted by molar-refractivity contribution is -0.134. The van der Waals surface area contributed by atoms with E-state index >= 15 is 0 Å². The monoisotopic (exact) mass is 358 g/mol. The van der Waals surface area contributed by atoms with Crippen molar-refractivity contribution in [3.63, 3.8) is 0 Å². The number of hydrogen-bond acceptors (Lipinski definition) is 2. The van der Waals surface area contributed by atoms with E-state index in [1.165, 1.54) is 12.8 Å². The minimum Gasteiger partial charge on any atom is -0.456 e. The average molecular weight is 358 g/mol. The average Bonchev–Trinajstić information content (AvgIpc) is 2.69. The van der Waals surface area contributed by atoms with Crippen molar-refractivity contribution >= 4 is 11.0 Å². The first kappa shape index (κ1) is 16.8. The van der Waals surface area contributed by atoms with Crippen molar-refractivity contribution in [3.05, 3.63) is 70.4 Å². The molecule has 1 heterocycles. The van der Waals surface area contributed by atoms with Crippen LogP contribution >= 0.6 is 0 Å². The lowest BCUT2D eigenvalue weighted by atomic mass is 9.35. The number of benzene rings is 2. The molecular weight excluding hydrogens is 332 g/mol. The Hall–Kier alpha value is -2.35. The Labute approximate surface area is 160 Å². The fourth-order valence-electron chi connectivity index (χ4n) is 6.15. The van der Waals surface area contributed by atoms with Gasteiger partial charge in [0.2, 0.25) is 0 Å². The molecule has 27 heavy (non-hydrogen) atoms. The van der Waals surface area contributed by atoms with Crippen molar-refractivity contribution in [2.24, 2.45) is 17.3 Å². The first-order valence-electron chi connectivity index (χ1n) is 10.1. The smallest absolute Gasteiger partial charge is 0.197 e. The van der Waals surface area contributed by atoms with E-state index in [-0.39, 0.29) is 16.3 Å². The molecule has 3 atom stereocenters. The van der Waals surface area contributed by atoms with Crippen LogP contribution in [0.25, 0.3) is 22.3 Å². The van der Waals surface area contributed by atoms with E-state index in [1.54, 1.807) is 0 Å². The molecule has 0 spiro atoms. The molecule has 3 unspecified atom stereocenters. The molecule has 3 aromatic rings. The van der Waals surface area contributed by atoms with Crippen molar-refractivity contribution in [2.45, 2.75) is 45.4 Å². The van der Waals surface area contributed by atoms with Crippen LogP contribution in [0.3, 0.4) is 0 Å². The van der Waals surface area contributed by atoms with Gasteiger partial charge in [-0.25, -0.2) is 0 Å². The van der Waals surface area contributed by atoms with Crippen LogP contribution in [0.2, 0.25) is 0 Å². The summed E-state index contributed by atoms with van der Waals surface area (Å²) in [5.41, 5.74) is 2.77. The van der Waals surface area contributed by atoms with E-state index in [4.69, 9.17) is 4.42 Å². The molecule has 3 aliphatic carbocycles. The van der Waals surface area contributed by atoms with E-state index in [0.29, 0.717) is 22.8 Å². The molecule has 0 saturated heterocycles. The molecule has 0 amide bonds. The summed E-state index contributed by atoms with van der Waals surface area (Å²) in [6.45, 7) is 7.06. The predicted octanol–water partition coefficient (Wildman–Crippen LogP) is 6.17. The molecule has 6 rings (SSSR count). The van der Waals surface area contributed by atoms with E-state index in [2.05, 4.69) is 32.9 Å². The molecule has 2 aromatic carbocycles. The highest BCUT2D eigenvalue weighted by molar-refractivity contribution is 5.81. The third-order valence-electron chi connectivity index (χ3n) is 7.81. The fraction of sp³-hybridized carbons (Fsp3) is 0.400. The van der Waals surface area contributed by atoms with Gasteiger partial charge in [0.1, 0.15) is 11.3 Å². The van der Waals surface area contributed by atoms with Crippen molar-refractivity contribution in [1.82, 2.24) is 0 Å². The lowest BCUT2D eigenvalue weighted by Gasteiger charge is -2.68. The third kappa shape index (κ3) is 2.04. The quantitative estimate of drug-likeness (QED) is 0.548. The van der Waals surface area contributed by atoms with Gasteiger partial charge in [-0.15, -0.1) is 0 Å². The Morgan fingerprint density at radius 1 is 0.963 bits per heavy atom. The topological polar surface area (TPSA) is 30.2 Å². The van der Waals surface area contributed by atoms with Crippen LogP contribution in [-0.4, -0.2) is 0 Å². The predicted molar refractivity (Wildman–Crippen MR) is 110 cm³/mol. The second kappa shape index (κ2) is 5.58. The number of rotatable bonds is 2. The molecule has 0 N–H and O–H groups in total. The highest BCUT2D eigenvalue weighted by Gasteiger charge is 2.66. The summed E-state index contributed by atoms with van der Waals surface area (Å²) in [6, 6.07) is 17.8. The summed E-state index contributed by atoms with van der Waals surface area (Å²) in [6.07, 6.45) is 3.56. The largest absolute Gasteiger partial charge is 0.456 e. The van der Waals surface area contributed by atoms with Gasteiger partial charge in [0.05, 0.1) is 10.9 Å². The Balaban J connectivity index is 1.89. The molecule has 2 heteroatoms. The normalized spacial score (nSPS) is 28.7. The zero-order valence-corrected chi connectivity index (χ0v) is 16.3. The summed E-state index contributed by atoms with van der Waals surface area (Å²) in [4.78, 5) is 13.8. The van der Waals surface area contributed by atoms with Gasteiger partial charge in [-0.2, -0.15) is 0 Å². The van der Waals surface area contributed by atoms with E-state index in [9.17, 15) is 4.79 Å². The van der Waals surface area contributed by atoms with Crippen LogP contribution in [0.15, 0.2) is 63.8 Å². The number of para-hydroxylation sites is 1. The Kier molecular flexibility index (Phi) is 3.47. The van der Waals surface area contributed by atoms with Gasteiger partial charge in [0.15, 0.2) is 5.43 Å². The number of fused-ring (bicyclic) bond motifs is 3. The Morgan fingerprint density at radius 2 is 1.67 bits per heavy atom. The summed E-state index contributed by atoms with van der Waals surface area (Å²) in [5.74, 6) is 1.95. The van der Waals surface area contributed by atoms with Gasteiger partial charge < -0.3 is 4.42 Å². The maximum atomic E-state index is 13.8. The summed E-state index contributed by atoms with van der Waals surface area (Å²) in [7, 11) is 0. The Morgan fingerprint density at radius 3 is 2.37 bits per heavy atom. The molecule has 138 valence electrons. The minimum absolute atomic E-state index is 0.105. The lowest BCUT2D eigenvalue weighted by Crippen LogP contribution is -2.66. The van der Waals surface area contributed by atoms with Crippen LogP contribution in [0, 0.1) is 17.3 Å². The molecule has 0 radical (unpaired) electrons. The maximum absolute atomic E-state index is 13.8. The first-order chi connectivity index (χ1) is 13.0. The highest BCUT2D eigenvalue weighted by Crippen LogP contribution is 2.70. The SMILES string of the molecule is CC1CCC2CC1(c1c(-c3ccccc3)oc3ccccc3c1=O)C2(C)C. The second-order valence-electron chi connectivity index (χ2n) is 9.07. The van der Waals surface area contributed by atoms with Crippen molar-refractivity contribution in [1.29, 1.82) is 0 Å². The van der Waals surface area contributed by atoms with Gasteiger partial charge in [-0.1, -0.05) is 63.2 Å². The van der Waals surface area contributed by atoms with E-state index < -0.39 is 0 Å². The zero-order chi connectivity index (χ0) is 18.8. The van der Waals surface area contributed by atoms with Crippen LogP contribution in [0.4, 0.5) is 0 Å². The van der Waals surface area contributed by atoms with Crippen molar-refractivity contribution in [3.8, 4) is 11.3 Å². The zero-order valence-electron chi connectivity index (χ0n) is 16.3. The summed E-state index contributed by atoms with van der Waals surface area (Å²) >= 11 is 0. The van der Waals surface area contributed by atoms with Crippen molar-refractivity contribution < 1.29 is 4.42 Å². The molecule has 3 aliphatic rings. The first-order valence-corrected chi connectivity index (χ1v) is 10.1. The number of hydrogen-bond donors (Lipinski definition) is 0. The fourth-order valence-corrected chi connectivity index (χ4v) is 6.15. The van der Waals surface area contributed by atoms with Gasteiger partial charge in [0, 0.05) is 11.0 Å². The molecule has 3 saturated carbocycles. The maximum Gasteiger partial charge on any atom is 0.197 e. The highest BCUT2D eigenvalue weighted by atomic mass is 16.3. The van der Waals surface area contributed by atoms with Crippen LogP contribution in [0.1, 0.15) is 45.6 Å². The minimum atomic E-state index is -0.105. The standard InChI is InChI=1S/C25H26O2/c1-16-13-14-18-15-25(16,24(18,2)3)21-22(26)19-11-7-8-12-20(19)27-23(21)17-9-5-4-6-10-17/h4-12,16,18H,13-15H2,1-3H3. The molecule has 3 fully saturated rings. The molecule has 1 aromatic heterocycles. The van der Waals surface area contributed by atoms with Crippen LogP contribution in [-0.2, 0) is 5.41 Å². The van der Waals surface area contributed by atoms with Gasteiger partial charge >= 0.3 is 0 Å². The van der Waals surface area contributed by atoms with Crippen LogP contribution in [0.5, 0.6) is 0 Å². The van der Waals surface area contributed by atoms with E-state index in [1.807, 2.05) is 42.5 Å². The van der Waals surface area contributed by atoms with Crippen LogP contribution < -0.4 is 5.43 Å². The molecule has 0 aliphatic heterocycles. The Bertz CT molecular complexity index is 1080. The molecule has 2 nitrogen and oxygen atoms in total. The second-order valence-corrected chi connectivity index (χ2v) is 9.07. The van der Waals surface area contributed by atoms with Crippen molar-refractivity contribution in [2.75, 3.05) is 0 Å².